The Morgan fingerprint density at radius 2 is 2.04 bits per heavy atom. The van der Waals surface area contributed by atoms with Gasteiger partial charge >= 0.3 is 6.18 Å². The molecule has 1 amide bonds. The van der Waals surface area contributed by atoms with E-state index in [9.17, 15) is 27.5 Å². The fraction of sp³-hybridized carbons (Fsp3) is 0.368. The van der Waals surface area contributed by atoms with E-state index in [1.165, 1.54) is 30.5 Å². The molecule has 0 spiro atoms. The number of hydrogen-bond donors (Lipinski definition) is 2. The van der Waals surface area contributed by atoms with E-state index in [2.05, 4.69) is 10.3 Å². The molecule has 2 fully saturated rings. The van der Waals surface area contributed by atoms with Gasteiger partial charge in [0, 0.05) is 24.2 Å². The minimum Gasteiger partial charge on any atom is -0.390 e. The summed E-state index contributed by atoms with van der Waals surface area (Å²) in [6.45, 7) is 0. The Balaban J connectivity index is 1.61. The average Bonchev–Trinajstić information content (AvgIpc) is 3.18. The number of benzene rings is 1. The molecule has 3 heterocycles. The molecule has 2 aromatic rings. The Morgan fingerprint density at radius 3 is 2.75 bits per heavy atom. The predicted molar refractivity (Wildman–Crippen MR) is 89.8 cm³/mol. The van der Waals surface area contributed by atoms with E-state index in [0.717, 1.165) is 12.1 Å². The Labute approximate surface area is 157 Å². The van der Waals surface area contributed by atoms with Crippen molar-refractivity contribution in [1.29, 1.82) is 0 Å². The molecule has 0 radical (unpaired) electrons. The lowest BCUT2D eigenvalue weighted by atomic mass is 9.74. The summed E-state index contributed by atoms with van der Waals surface area (Å²) in [7, 11) is 0. The van der Waals surface area contributed by atoms with Crippen LogP contribution >= 0.6 is 0 Å². The first-order valence-corrected chi connectivity index (χ1v) is 8.67. The number of halogens is 4. The van der Waals surface area contributed by atoms with Gasteiger partial charge in [0.05, 0.1) is 29.8 Å². The lowest BCUT2D eigenvalue weighted by Crippen LogP contribution is -2.41. The highest BCUT2D eigenvalue weighted by Gasteiger charge is 2.57. The third kappa shape index (κ3) is 3.35. The minimum absolute atomic E-state index is 0.00260. The van der Waals surface area contributed by atoms with Crippen molar-refractivity contribution in [1.82, 2.24) is 4.98 Å². The van der Waals surface area contributed by atoms with Crippen LogP contribution in [-0.2, 0) is 15.7 Å². The minimum atomic E-state index is -4.53. The molecule has 28 heavy (non-hydrogen) atoms. The summed E-state index contributed by atoms with van der Waals surface area (Å²) in [5, 5.41) is 12.6. The molecular formula is C19H16F4N2O3. The molecule has 1 aromatic heterocycles. The second-order valence-electron chi connectivity index (χ2n) is 6.97. The number of aliphatic hydroxyl groups excluding tert-OH is 1. The normalized spacial score (nSPS) is 29.1. The smallest absolute Gasteiger partial charge is 0.390 e. The molecule has 0 saturated carbocycles. The van der Waals surface area contributed by atoms with E-state index in [1.54, 1.807) is 0 Å². The number of alkyl halides is 3. The van der Waals surface area contributed by atoms with Gasteiger partial charge in [-0.1, -0.05) is 6.07 Å². The van der Waals surface area contributed by atoms with Crippen LogP contribution in [0.2, 0.25) is 0 Å². The van der Waals surface area contributed by atoms with Crippen LogP contribution in [0.15, 0.2) is 42.6 Å². The third-order valence-corrected chi connectivity index (χ3v) is 5.22. The average molecular weight is 396 g/mol. The number of hydrogen-bond acceptors (Lipinski definition) is 4. The summed E-state index contributed by atoms with van der Waals surface area (Å²) < 4.78 is 57.9. The number of amides is 1. The molecule has 0 aliphatic carbocycles. The van der Waals surface area contributed by atoms with E-state index in [1.807, 2.05) is 0 Å². The molecular weight excluding hydrogens is 380 g/mol. The maximum Gasteiger partial charge on any atom is 0.416 e. The van der Waals surface area contributed by atoms with Crippen LogP contribution in [0, 0.1) is 11.9 Å². The van der Waals surface area contributed by atoms with Crippen LogP contribution in [0.5, 0.6) is 0 Å². The fourth-order valence-corrected chi connectivity index (χ4v) is 4.06. The Morgan fingerprint density at radius 1 is 1.25 bits per heavy atom. The number of pyridine rings is 1. The van der Waals surface area contributed by atoms with Gasteiger partial charge in [-0.3, -0.25) is 4.79 Å². The van der Waals surface area contributed by atoms with Gasteiger partial charge in [0.1, 0.15) is 0 Å². The van der Waals surface area contributed by atoms with Crippen molar-refractivity contribution in [2.45, 2.75) is 36.8 Å². The highest BCUT2D eigenvalue weighted by atomic mass is 19.4. The first-order chi connectivity index (χ1) is 13.2. The number of aromatic nitrogens is 1. The van der Waals surface area contributed by atoms with Crippen molar-refractivity contribution in [3.8, 4) is 0 Å². The van der Waals surface area contributed by atoms with Crippen molar-refractivity contribution in [3.05, 3.63) is 59.7 Å². The summed E-state index contributed by atoms with van der Waals surface area (Å²) in [5.41, 5.74) is -0.427. The first-order valence-electron chi connectivity index (χ1n) is 8.67. The number of aliphatic hydroxyl groups is 1. The summed E-state index contributed by atoms with van der Waals surface area (Å²) in [6, 6.07) is 7.03. The summed E-state index contributed by atoms with van der Waals surface area (Å²) >= 11 is 0. The zero-order valence-electron chi connectivity index (χ0n) is 14.4. The SMILES string of the molecule is O=C(Nc1cccc(C(F)(F)F)c1)[C@@H]1[C@@H](c2ccnc(F)c2)[C@H]2O[C@@H]1C[C@@H]2O. The van der Waals surface area contributed by atoms with Gasteiger partial charge in [-0.05, 0) is 35.9 Å². The largest absolute Gasteiger partial charge is 0.416 e. The molecule has 2 aliphatic heterocycles. The van der Waals surface area contributed by atoms with Crippen molar-refractivity contribution in [2.75, 3.05) is 5.32 Å². The Hall–Kier alpha value is -2.52. The van der Waals surface area contributed by atoms with Crippen LogP contribution in [-0.4, -0.2) is 34.3 Å². The maximum absolute atomic E-state index is 13.6. The van der Waals surface area contributed by atoms with Crippen molar-refractivity contribution >= 4 is 11.6 Å². The highest BCUT2D eigenvalue weighted by molar-refractivity contribution is 5.94. The number of fused-ring (bicyclic) bond motifs is 2. The van der Waals surface area contributed by atoms with E-state index in [0.29, 0.717) is 5.56 Å². The quantitative estimate of drug-likeness (QED) is 0.618. The van der Waals surface area contributed by atoms with Crippen LogP contribution < -0.4 is 5.32 Å². The van der Waals surface area contributed by atoms with Crippen LogP contribution in [0.1, 0.15) is 23.5 Å². The fourth-order valence-electron chi connectivity index (χ4n) is 4.06. The molecule has 5 nitrogen and oxygen atoms in total. The monoisotopic (exact) mass is 396 g/mol. The summed E-state index contributed by atoms with van der Waals surface area (Å²) in [5.74, 6) is -2.67. The van der Waals surface area contributed by atoms with E-state index in [4.69, 9.17) is 4.74 Å². The van der Waals surface area contributed by atoms with E-state index >= 15 is 0 Å². The van der Waals surface area contributed by atoms with Gasteiger partial charge < -0.3 is 15.2 Å². The van der Waals surface area contributed by atoms with Gasteiger partial charge in [0.2, 0.25) is 11.9 Å². The Bertz CT molecular complexity index is 905. The summed E-state index contributed by atoms with van der Waals surface area (Å²) in [6.07, 6.45) is -5.14. The van der Waals surface area contributed by atoms with Crippen molar-refractivity contribution in [2.24, 2.45) is 5.92 Å². The number of carbonyl (C=O) groups excluding carboxylic acids is 1. The lowest BCUT2D eigenvalue weighted by Gasteiger charge is -2.30. The van der Waals surface area contributed by atoms with Crippen LogP contribution in [0.25, 0.3) is 0 Å². The molecule has 9 heteroatoms. The lowest BCUT2D eigenvalue weighted by molar-refractivity contribution is -0.137. The van der Waals surface area contributed by atoms with E-state index < -0.39 is 53.7 Å². The highest BCUT2D eigenvalue weighted by Crippen LogP contribution is 2.49. The Kier molecular flexibility index (Phi) is 4.59. The number of nitrogens with zero attached hydrogens (tertiary/aromatic N) is 1. The molecule has 1 aromatic carbocycles. The zero-order valence-corrected chi connectivity index (χ0v) is 14.4. The van der Waals surface area contributed by atoms with E-state index in [-0.39, 0.29) is 12.1 Å². The summed E-state index contributed by atoms with van der Waals surface area (Å²) in [4.78, 5) is 16.4. The molecule has 148 valence electrons. The number of anilines is 1. The second kappa shape index (κ2) is 6.82. The molecule has 2 aliphatic rings. The van der Waals surface area contributed by atoms with Crippen molar-refractivity contribution < 1.29 is 32.2 Å². The standard InChI is InChI=1S/C19H16F4N2O3/c20-14-6-9(4-5-24-14)15-16(13-8-12(26)17(15)28-13)18(27)25-11-3-1-2-10(7-11)19(21,22)23/h1-7,12-13,15-17,26H,8H2,(H,25,27)/t12-,13+,15+,16-,17-/m0/s1. The van der Waals surface area contributed by atoms with Gasteiger partial charge in [-0.2, -0.15) is 17.6 Å². The number of nitrogens with one attached hydrogen (secondary N) is 1. The topological polar surface area (TPSA) is 71.5 Å². The first kappa shape index (κ1) is 18.8. The molecule has 2 saturated heterocycles. The predicted octanol–water partition coefficient (Wildman–Crippen LogP) is 3.11. The third-order valence-electron chi connectivity index (χ3n) is 5.22. The van der Waals surface area contributed by atoms with Gasteiger partial charge in [-0.15, -0.1) is 0 Å². The second-order valence-corrected chi connectivity index (χ2v) is 6.97. The number of ether oxygens (including phenoxy) is 1. The molecule has 4 rings (SSSR count). The van der Waals surface area contributed by atoms with Crippen molar-refractivity contribution in [3.63, 3.8) is 0 Å². The molecule has 2 bridgehead atoms. The molecule has 5 atom stereocenters. The zero-order chi connectivity index (χ0) is 20.1. The van der Waals surface area contributed by atoms with Crippen LogP contribution in [0.4, 0.5) is 23.2 Å². The molecule has 2 N–H and O–H groups in total. The molecule has 0 unspecified atom stereocenters. The maximum atomic E-state index is 13.6. The number of rotatable bonds is 3. The number of carbonyl (C=O) groups is 1. The van der Waals surface area contributed by atoms with Gasteiger partial charge in [0.25, 0.3) is 0 Å². The van der Waals surface area contributed by atoms with Crippen LogP contribution in [0.3, 0.4) is 0 Å². The van der Waals surface area contributed by atoms with Gasteiger partial charge in [0.15, 0.2) is 0 Å². The van der Waals surface area contributed by atoms with Gasteiger partial charge in [-0.25, -0.2) is 4.98 Å².